The molecule has 0 saturated carbocycles. The monoisotopic (exact) mass is 286 g/mol. The van der Waals surface area contributed by atoms with Gasteiger partial charge < -0.3 is 10.5 Å². The van der Waals surface area contributed by atoms with Crippen molar-refractivity contribution in [3.63, 3.8) is 0 Å². The van der Waals surface area contributed by atoms with Gasteiger partial charge >= 0.3 is 0 Å². The molecule has 0 radical (unpaired) electrons. The van der Waals surface area contributed by atoms with Crippen LogP contribution in [0.2, 0.25) is 0 Å². The number of nitrogens with two attached hydrogens (primary N) is 1. The summed E-state index contributed by atoms with van der Waals surface area (Å²) in [6.07, 6.45) is -0.0342. The average molecular weight is 286 g/mol. The number of ether oxygens (including phenoxy) is 1. The first-order valence-electron chi connectivity index (χ1n) is 5.71. The van der Waals surface area contributed by atoms with E-state index in [4.69, 9.17) is 10.5 Å². The minimum atomic E-state index is -3.66. The number of hydrogen-bond acceptors (Lipinski definition) is 4. The fourth-order valence-corrected chi connectivity index (χ4v) is 3.31. The highest BCUT2D eigenvalue weighted by molar-refractivity contribution is 7.89. The summed E-state index contributed by atoms with van der Waals surface area (Å²) in [5, 5.41) is 0. The van der Waals surface area contributed by atoms with E-state index in [2.05, 4.69) is 4.72 Å². The molecule has 6 nitrogen and oxygen atoms in total. The summed E-state index contributed by atoms with van der Waals surface area (Å²) < 4.78 is 31.7. The molecule has 0 unspecified atom stereocenters. The van der Waals surface area contributed by atoms with Crippen LogP contribution >= 0.6 is 0 Å². The van der Waals surface area contributed by atoms with Crippen molar-refractivity contribution in [2.24, 2.45) is 5.73 Å². The Hall–Kier alpha value is -1.60. The molecule has 0 aliphatic carbocycles. The molecule has 0 fully saturated rings. The lowest BCUT2D eigenvalue weighted by Gasteiger charge is -2.13. The van der Waals surface area contributed by atoms with Crippen LogP contribution in [0.4, 0.5) is 0 Å². The van der Waals surface area contributed by atoms with E-state index >= 15 is 0 Å². The molecule has 1 aromatic rings. The Bertz CT molecular complexity index is 558. The van der Waals surface area contributed by atoms with Gasteiger partial charge in [0, 0.05) is 13.0 Å². The smallest absolute Gasteiger partial charge is 0.241 e. The van der Waals surface area contributed by atoms with E-state index in [9.17, 15) is 13.2 Å². The summed E-state index contributed by atoms with van der Waals surface area (Å²) in [6.45, 7) is 3.37. The van der Waals surface area contributed by atoms with E-state index in [1.165, 1.54) is 7.11 Å². The lowest BCUT2D eigenvalue weighted by atomic mass is 10.1. The van der Waals surface area contributed by atoms with E-state index in [-0.39, 0.29) is 17.9 Å². The lowest BCUT2D eigenvalue weighted by molar-refractivity contribution is -0.117. The van der Waals surface area contributed by atoms with E-state index in [0.29, 0.717) is 16.9 Å². The summed E-state index contributed by atoms with van der Waals surface area (Å²) in [5.74, 6) is 0.0527. The summed E-state index contributed by atoms with van der Waals surface area (Å²) >= 11 is 0. The first-order chi connectivity index (χ1) is 8.77. The van der Waals surface area contributed by atoms with Crippen molar-refractivity contribution in [2.75, 3.05) is 13.7 Å². The van der Waals surface area contributed by atoms with Crippen molar-refractivity contribution in [1.29, 1.82) is 0 Å². The molecular formula is C12H18N2O4S. The Balaban J connectivity index is 3.04. The van der Waals surface area contributed by atoms with Crippen LogP contribution in [0.15, 0.2) is 17.0 Å². The first kappa shape index (κ1) is 15.5. The summed E-state index contributed by atoms with van der Waals surface area (Å²) in [6, 6.07) is 3.30. The normalized spacial score (nSPS) is 11.3. The highest BCUT2D eigenvalue weighted by Crippen LogP contribution is 2.25. The van der Waals surface area contributed by atoms with E-state index in [0.717, 1.165) is 0 Å². The minimum Gasteiger partial charge on any atom is -0.497 e. The number of primary amides is 1. The van der Waals surface area contributed by atoms with Crippen molar-refractivity contribution in [1.82, 2.24) is 4.72 Å². The SMILES string of the molecule is COc1cc(C)c(S(=O)(=O)NCCC(N)=O)c(C)c1. The number of amides is 1. The molecular weight excluding hydrogens is 268 g/mol. The van der Waals surface area contributed by atoms with Crippen LogP contribution in [0.1, 0.15) is 17.5 Å². The molecule has 106 valence electrons. The van der Waals surface area contributed by atoms with Crippen molar-refractivity contribution in [2.45, 2.75) is 25.2 Å². The van der Waals surface area contributed by atoms with Crippen LogP contribution in [0.3, 0.4) is 0 Å². The largest absolute Gasteiger partial charge is 0.497 e. The standard InChI is InChI=1S/C12H18N2O4S/c1-8-6-10(18-3)7-9(2)12(8)19(16,17)14-5-4-11(13)15/h6-7,14H,4-5H2,1-3H3,(H2,13,15). The van der Waals surface area contributed by atoms with Crippen LogP contribution in [0, 0.1) is 13.8 Å². The molecule has 1 aromatic carbocycles. The maximum atomic E-state index is 12.2. The van der Waals surface area contributed by atoms with Crippen molar-refractivity contribution >= 4 is 15.9 Å². The molecule has 0 aromatic heterocycles. The Morgan fingerprint density at radius 3 is 2.26 bits per heavy atom. The third-order valence-electron chi connectivity index (χ3n) is 2.60. The molecule has 0 atom stereocenters. The molecule has 0 spiro atoms. The van der Waals surface area contributed by atoms with Gasteiger partial charge in [0.1, 0.15) is 5.75 Å². The van der Waals surface area contributed by atoms with Crippen molar-refractivity contribution < 1.29 is 17.9 Å². The average Bonchev–Trinajstić information content (AvgIpc) is 2.26. The summed E-state index contributed by atoms with van der Waals surface area (Å²) in [7, 11) is -2.13. The molecule has 1 rings (SSSR count). The van der Waals surface area contributed by atoms with E-state index in [1.807, 2.05) is 0 Å². The van der Waals surface area contributed by atoms with Gasteiger partial charge in [-0.2, -0.15) is 0 Å². The molecule has 0 aliphatic rings. The molecule has 3 N–H and O–H groups in total. The number of nitrogens with one attached hydrogen (secondary N) is 1. The maximum absolute atomic E-state index is 12.2. The number of carbonyl (C=O) groups is 1. The topological polar surface area (TPSA) is 98.5 Å². The number of methoxy groups -OCH3 is 1. The zero-order chi connectivity index (χ0) is 14.6. The van der Waals surface area contributed by atoms with Crippen molar-refractivity contribution in [3.05, 3.63) is 23.3 Å². The van der Waals surface area contributed by atoms with Crippen molar-refractivity contribution in [3.8, 4) is 5.75 Å². The van der Waals surface area contributed by atoms with Gasteiger partial charge in [0.05, 0.1) is 12.0 Å². The number of sulfonamides is 1. The van der Waals surface area contributed by atoms with Crippen LogP contribution < -0.4 is 15.2 Å². The fourth-order valence-electron chi connectivity index (χ4n) is 1.83. The quantitative estimate of drug-likeness (QED) is 0.794. The zero-order valence-corrected chi connectivity index (χ0v) is 12.0. The van der Waals surface area contributed by atoms with Crippen LogP contribution in [0.5, 0.6) is 5.75 Å². The van der Waals surface area contributed by atoms with Gasteiger partial charge in [-0.15, -0.1) is 0 Å². The second-order valence-corrected chi connectivity index (χ2v) is 5.91. The predicted octanol–water partition coefficient (Wildman–Crippen LogP) is 0.466. The van der Waals surface area contributed by atoms with Gasteiger partial charge in [0.15, 0.2) is 0 Å². The number of aryl methyl sites for hydroxylation is 2. The third-order valence-corrected chi connectivity index (χ3v) is 4.37. The number of carbonyl (C=O) groups excluding carboxylic acids is 1. The fraction of sp³-hybridized carbons (Fsp3) is 0.417. The van der Waals surface area contributed by atoms with E-state index < -0.39 is 15.9 Å². The Morgan fingerprint density at radius 2 is 1.84 bits per heavy atom. The van der Waals surface area contributed by atoms with Crippen LogP contribution in [0.25, 0.3) is 0 Å². The number of rotatable bonds is 6. The molecule has 7 heteroatoms. The Kier molecular flexibility index (Phi) is 4.90. The van der Waals surface area contributed by atoms with Gasteiger partial charge in [-0.25, -0.2) is 13.1 Å². The molecule has 0 heterocycles. The zero-order valence-electron chi connectivity index (χ0n) is 11.2. The van der Waals surface area contributed by atoms with E-state index in [1.54, 1.807) is 26.0 Å². The molecule has 0 aliphatic heterocycles. The van der Waals surface area contributed by atoms with Crippen LogP contribution in [-0.4, -0.2) is 28.0 Å². The van der Waals surface area contributed by atoms with Gasteiger partial charge in [0.2, 0.25) is 15.9 Å². The van der Waals surface area contributed by atoms with Crippen LogP contribution in [-0.2, 0) is 14.8 Å². The highest BCUT2D eigenvalue weighted by Gasteiger charge is 2.20. The molecule has 19 heavy (non-hydrogen) atoms. The van der Waals surface area contributed by atoms with Gasteiger partial charge in [-0.05, 0) is 37.1 Å². The Labute approximate surface area is 113 Å². The third kappa shape index (κ3) is 3.93. The summed E-state index contributed by atoms with van der Waals surface area (Å²) in [4.78, 5) is 10.8. The predicted molar refractivity (Wildman–Crippen MR) is 71.5 cm³/mol. The summed E-state index contributed by atoms with van der Waals surface area (Å²) in [5.41, 5.74) is 6.14. The molecule has 1 amide bonds. The number of hydrogen-bond donors (Lipinski definition) is 2. The maximum Gasteiger partial charge on any atom is 0.241 e. The van der Waals surface area contributed by atoms with Gasteiger partial charge in [-0.3, -0.25) is 4.79 Å². The Morgan fingerprint density at radius 1 is 1.32 bits per heavy atom. The second kappa shape index (κ2) is 6.03. The van der Waals surface area contributed by atoms with Gasteiger partial charge in [-0.1, -0.05) is 0 Å². The number of benzene rings is 1. The second-order valence-electron chi connectivity index (χ2n) is 4.20. The molecule has 0 bridgehead atoms. The molecule has 0 saturated heterocycles. The first-order valence-corrected chi connectivity index (χ1v) is 7.19. The lowest BCUT2D eigenvalue weighted by Crippen LogP contribution is -2.29. The minimum absolute atomic E-state index is 0.0113. The highest BCUT2D eigenvalue weighted by atomic mass is 32.2. The van der Waals surface area contributed by atoms with Gasteiger partial charge in [0.25, 0.3) is 0 Å².